The van der Waals surface area contributed by atoms with Gasteiger partial charge in [0.05, 0.1) is 13.9 Å². The van der Waals surface area contributed by atoms with Crippen LogP contribution in [0, 0.1) is 5.89 Å². The van der Waals surface area contributed by atoms with Crippen LogP contribution in [0.5, 0.6) is 0 Å². The minimum absolute atomic E-state index is 0.0394. The van der Waals surface area contributed by atoms with Crippen LogP contribution in [0.25, 0.3) is 0 Å². The summed E-state index contributed by atoms with van der Waals surface area (Å²) in [6.07, 6.45) is 0. The van der Waals surface area contributed by atoms with Gasteiger partial charge in [0, 0.05) is 25.3 Å². The van der Waals surface area contributed by atoms with E-state index in [9.17, 15) is 17.1 Å². The molecule has 1 unspecified atom stereocenters. The number of benzene rings is 3. The van der Waals surface area contributed by atoms with Crippen molar-refractivity contribution >= 4 is 17.5 Å². The van der Waals surface area contributed by atoms with Gasteiger partial charge in [-0.05, 0) is 19.4 Å². The lowest BCUT2D eigenvalue weighted by Gasteiger charge is -2.24. The fraction of sp³-hybridized carbons (Fsp3) is 0.179. The van der Waals surface area contributed by atoms with E-state index in [1.165, 1.54) is 43.3 Å². The number of esters is 1. The summed E-state index contributed by atoms with van der Waals surface area (Å²) in [5, 5.41) is 0. The third kappa shape index (κ3) is 5.46. The van der Waals surface area contributed by atoms with Gasteiger partial charge in [0.25, 0.3) is 0 Å². The summed E-state index contributed by atoms with van der Waals surface area (Å²) in [6.45, 7) is 2.94. The average molecular weight is 430 g/mol. The lowest BCUT2D eigenvalue weighted by atomic mass is 9.76. The van der Waals surface area contributed by atoms with E-state index in [1.54, 1.807) is 61.5 Å². The van der Waals surface area contributed by atoms with Crippen molar-refractivity contribution in [1.29, 1.82) is 0 Å². The summed E-state index contributed by atoms with van der Waals surface area (Å²) in [7, 11) is 0. The summed E-state index contributed by atoms with van der Waals surface area (Å²) in [4.78, 5) is 40.5. The van der Waals surface area contributed by atoms with Gasteiger partial charge in [0.15, 0.2) is 11.6 Å². The lowest BCUT2D eigenvalue weighted by Crippen LogP contribution is -2.30. The Hall–Kier alpha value is -3.79. The molecule has 32 heavy (non-hydrogen) atoms. The molecule has 0 aliphatic heterocycles. The second-order valence-electron chi connectivity index (χ2n) is 6.98. The largest absolute Gasteiger partial charge is 0.463 e. The van der Waals surface area contributed by atoms with Gasteiger partial charge in [-0.3, -0.25) is 9.59 Å². The number of Topliss-reactive ketones (excluding diaryl/α,β-unsaturated/α-hetero) is 2. The minimum Gasteiger partial charge on any atom is -0.463 e. The van der Waals surface area contributed by atoms with Crippen LogP contribution in [0.15, 0.2) is 103 Å². The molecule has 0 heterocycles. The first-order valence-corrected chi connectivity index (χ1v) is 10.3. The Bertz CT molecular complexity index is 1190. The molecular formula is C28H26O4. The fourth-order valence-corrected chi connectivity index (χ4v) is 3.16. The van der Waals surface area contributed by atoms with Gasteiger partial charge >= 0.3 is 5.97 Å². The van der Waals surface area contributed by atoms with E-state index in [2.05, 4.69) is 0 Å². The molecule has 0 fully saturated rings. The number of hydrogen-bond donors (Lipinski definition) is 0. The number of carbonyl (C=O) groups excluding carboxylic acids is 3. The van der Waals surface area contributed by atoms with E-state index in [4.69, 9.17) is 6.11 Å². The topological polar surface area (TPSA) is 60.4 Å². The van der Waals surface area contributed by atoms with Crippen molar-refractivity contribution in [3.05, 3.63) is 119 Å². The van der Waals surface area contributed by atoms with Crippen LogP contribution in [0.3, 0.4) is 0 Å². The van der Waals surface area contributed by atoms with E-state index < -0.39 is 35.4 Å². The second kappa shape index (κ2) is 11.0. The summed E-state index contributed by atoms with van der Waals surface area (Å²) in [6, 6.07) is 22.7. The molecule has 0 bridgehead atoms. The summed E-state index contributed by atoms with van der Waals surface area (Å²) < 4.78 is 33.0. The number of hydrogen-bond acceptors (Lipinski definition) is 4. The van der Waals surface area contributed by atoms with Gasteiger partial charge in [0.2, 0.25) is 0 Å². The quantitative estimate of drug-likeness (QED) is 0.191. The highest BCUT2D eigenvalue weighted by Crippen LogP contribution is 2.33. The van der Waals surface area contributed by atoms with Crippen LogP contribution in [0.4, 0.5) is 0 Å². The molecule has 0 saturated heterocycles. The summed E-state index contributed by atoms with van der Waals surface area (Å²) >= 11 is 0. The maximum absolute atomic E-state index is 14.0. The Morgan fingerprint density at radius 2 is 1.28 bits per heavy atom. The van der Waals surface area contributed by atoms with E-state index >= 15 is 0 Å². The molecule has 162 valence electrons. The van der Waals surface area contributed by atoms with Crippen LogP contribution < -0.4 is 0 Å². The first-order valence-electron chi connectivity index (χ1n) is 11.8. The Morgan fingerprint density at radius 1 is 0.844 bits per heavy atom. The molecule has 0 radical (unpaired) electrons. The zero-order valence-electron chi connectivity index (χ0n) is 21.0. The minimum atomic E-state index is -2.85. The summed E-state index contributed by atoms with van der Waals surface area (Å²) in [5.74, 6) is -8.18. The van der Waals surface area contributed by atoms with E-state index in [1.807, 2.05) is 0 Å². The van der Waals surface area contributed by atoms with Crippen molar-refractivity contribution in [3.63, 3.8) is 0 Å². The van der Waals surface area contributed by atoms with Gasteiger partial charge in [-0.2, -0.15) is 0 Å². The van der Waals surface area contributed by atoms with E-state index in [0.717, 1.165) is 0 Å². The molecule has 0 aliphatic carbocycles. The number of allylic oxidation sites excluding steroid dienone is 1. The lowest BCUT2D eigenvalue weighted by molar-refractivity contribution is -0.138. The first-order chi connectivity index (χ1) is 16.7. The Balaban J connectivity index is 2.41. The highest BCUT2D eigenvalue weighted by Gasteiger charge is 2.36. The molecule has 0 spiro atoms. The average Bonchev–Trinajstić information content (AvgIpc) is 2.91. The second-order valence-corrected chi connectivity index (χ2v) is 6.98. The predicted octanol–water partition coefficient (Wildman–Crippen LogP) is 5.66. The van der Waals surface area contributed by atoms with Gasteiger partial charge in [0.1, 0.15) is 0 Å². The predicted molar refractivity (Wildman–Crippen MR) is 125 cm³/mol. The molecule has 0 N–H and O–H groups in total. The van der Waals surface area contributed by atoms with Gasteiger partial charge in [-0.1, -0.05) is 97.0 Å². The van der Waals surface area contributed by atoms with Crippen LogP contribution in [0.1, 0.15) is 50.1 Å². The zero-order chi connectivity index (χ0) is 25.6. The van der Waals surface area contributed by atoms with Crippen molar-refractivity contribution in [2.24, 2.45) is 5.89 Å². The molecular weight excluding hydrogens is 400 g/mol. The molecule has 3 rings (SSSR count). The van der Waals surface area contributed by atoms with E-state index in [-0.39, 0.29) is 28.9 Å². The highest BCUT2D eigenvalue weighted by molar-refractivity contribution is 6.17. The van der Waals surface area contributed by atoms with Crippen LogP contribution in [-0.4, -0.2) is 24.1 Å². The smallest absolute Gasteiger partial charge is 0.333 e. The Morgan fingerprint density at radius 3 is 1.72 bits per heavy atom. The maximum Gasteiger partial charge on any atom is 0.333 e. The van der Waals surface area contributed by atoms with Gasteiger partial charge in [-0.25, -0.2) is 4.79 Å². The molecule has 0 aliphatic rings. The molecule has 3 aromatic carbocycles. The molecule has 4 nitrogen and oxygen atoms in total. The third-order valence-corrected chi connectivity index (χ3v) is 4.73. The van der Waals surface area contributed by atoms with Crippen molar-refractivity contribution < 1.29 is 23.2 Å². The standard InChI is InChI=1S/C28H26O4/c1-3-32-28(31)20(2)19-24(21-13-7-4-8-14-21)25(26(29)22-15-9-5-10-16-22)27(30)23-17-11-6-12-18-23/h4-19,24-25H,3H2,1-2H3/b20-19+/i19D,24D,25D. The molecule has 1 atom stereocenters. The number of ether oxygens (including phenoxy) is 1. The van der Waals surface area contributed by atoms with Crippen LogP contribution >= 0.6 is 0 Å². The van der Waals surface area contributed by atoms with Gasteiger partial charge in [-0.15, -0.1) is 0 Å². The maximum atomic E-state index is 14.0. The normalized spacial score (nSPS) is 15.2. The van der Waals surface area contributed by atoms with Crippen molar-refractivity contribution in [2.45, 2.75) is 19.7 Å². The SMILES string of the molecule is [2H]/C(=C(/C)C(=O)OCC)C([2H])(c1ccccc1)C([2H])(C(=O)c1ccccc1)C(=O)c1ccccc1. The molecule has 3 aromatic rings. The molecule has 0 amide bonds. The van der Waals surface area contributed by atoms with Crippen molar-refractivity contribution in [3.8, 4) is 0 Å². The van der Waals surface area contributed by atoms with Crippen LogP contribution in [0.2, 0.25) is 0 Å². The number of carbonyl (C=O) groups is 3. The monoisotopic (exact) mass is 429 g/mol. The van der Waals surface area contributed by atoms with Crippen molar-refractivity contribution in [2.75, 3.05) is 6.61 Å². The Kier molecular flexibility index (Phi) is 6.51. The van der Waals surface area contributed by atoms with Crippen LogP contribution in [-0.2, 0) is 9.53 Å². The zero-order valence-corrected chi connectivity index (χ0v) is 18.0. The molecule has 0 aromatic heterocycles. The molecule has 0 saturated carbocycles. The van der Waals surface area contributed by atoms with Crippen molar-refractivity contribution in [1.82, 2.24) is 0 Å². The first kappa shape index (κ1) is 18.9. The Labute approximate surface area is 192 Å². The number of ketones is 2. The summed E-state index contributed by atoms with van der Waals surface area (Å²) in [5.41, 5.74) is -0.122. The number of rotatable bonds is 9. The van der Waals surface area contributed by atoms with E-state index in [0.29, 0.717) is 0 Å². The third-order valence-electron chi connectivity index (χ3n) is 4.73. The highest BCUT2D eigenvalue weighted by atomic mass is 16.5. The molecule has 4 heteroatoms. The van der Waals surface area contributed by atoms with Gasteiger partial charge < -0.3 is 4.74 Å². The fourth-order valence-electron chi connectivity index (χ4n) is 3.16.